The highest BCUT2D eigenvalue weighted by molar-refractivity contribution is 7.92. The minimum Gasteiger partial charge on any atom is -0.298 e. The van der Waals surface area contributed by atoms with Crippen LogP contribution in [0.4, 0.5) is 5.69 Å². The first kappa shape index (κ1) is 19.6. The van der Waals surface area contributed by atoms with Gasteiger partial charge in [0.25, 0.3) is 10.0 Å². The van der Waals surface area contributed by atoms with Crippen LogP contribution in [0.3, 0.4) is 0 Å². The van der Waals surface area contributed by atoms with E-state index in [0.29, 0.717) is 17.5 Å². The van der Waals surface area contributed by atoms with E-state index in [1.165, 1.54) is 4.31 Å². The van der Waals surface area contributed by atoms with Gasteiger partial charge in [-0.1, -0.05) is 72.3 Å². The number of sulfonamides is 1. The van der Waals surface area contributed by atoms with Gasteiger partial charge in [-0.3, -0.25) is 9.10 Å². The molecule has 0 spiro atoms. The van der Waals surface area contributed by atoms with Crippen molar-refractivity contribution in [3.05, 3.63) is 102 Å². The average Bonchev–Trinajstić information content (AvgIpc) is 2.72. The zero-order valence-corrected chi connectivity index (χ0v) is 16.3. The second kappa shape index (κ2) is 8.67. The molecule has 0 amide bonds. The number of rotatable bonds is 7. The number of hydrogen-bond acceptors (Lipinski definition) is 3. The molecule has 3 aromatic carbocycles. The number of aldehydes is 1. The van der Waals surface area contributed by atoms with Gasteiger partial charge in [0.1, 0.15) is 6.29 Å². The molecule has 4 nitrogen and oxygen atoms in total. The number of carbonyl (C=O) groups is 1. The van der Waals surface area contributed by atoms with E-state index in [1.807, 2.05) is 43.3 Å². The van der Waals surface area contributed by atoms with Crippen molar-refractivity contribution in [1.29, 1.82) is 0 Å². The Labute approximate surface area is 165 Å². The lowest BCUT2D eigenvalue weighted by molar-refractivity contribution is 0.112. The molecule has 0 saturated carbocycles. The van der Waals surface area contributed by atoms with Gasteiger partial charge in [0.2, 0.25) is 0 Å². The van der Waals surface area contributed by atoms with Gasteiger partial charge in [0.05, 0.1) is 17.1 Å². The van der Waals surface area contributed by atoms with Crippen LogP contribution in [0.25, 0.3) is 6.08 Å². The van der Waals surface area contributed by atoms with Crippen LogP contribution in [-0.2, 0) is 10.0 Å². The van der Waals surface area contributed by atoms with Crippen molar-refractivity contribution in [2.75, 3.05) is 10.8 Å². The maximum Gasteiger partial charge on any atom is 0.264 e. The predicted octanol–water partition coefficient (Wildman–Crippen LogP) is 4.72. The highest BCUT2D eigenvalue weighted by atomic mass is 32.2. The van der Waals surface area contributed by atoms with Crippen molar-refractivity contribution in [1.82, 2.24) is 0 Å². The Kier molecular flexibility index (Phi) is 6.06. The first-order valence-corrected chi connectivity index (χ1v) is 10.3. The molecule has 0 radical (unpaired) electrons. The number of anilines is 1. The van der Waals surface area contributed by atoms with Gasteiger partial charge in [-0.25, -0.2) is 8.42 Å². The summed E-state index contributed by atoms with van der Waals surface area (Å²) in [6.07, 6.45) is 4.38. The van der Waals surface area contributed by atoms with Crippen LogP contribution in [0.2, 0.25) is 0 Å². The van der Waals surface area contributed by atoms with Gasteiger partial charge in [-0.05, 0) is 36.8 Å². The van der Waals surface area contributed by atoms with Gasteiger partial charge in [0.15, 0.2) is 0 Å². The van der Waals surface area contributed by atoms with E-state index in [2.05, 4.69) is 0 Å². The molecule has 0 unspecified atom stereocenters. The SMILES string of the molecule is Cc1ccc(S(=O)(=O)N(CC=Cc2ccccc2)c2cccc(C=O)c2)cc1. The maximum absolute atomic E-state index is 13.3. The van der Waals surface area contributed by atoms with Crippen molar-refractivity contribution in [3.63, 3.8) is 0 Å². The highest BCUT2D eigenvalue weighted by Gasteiger charge is 2.24. The lowest BCUT2D eigenvalue weighted by Crippen LogP contribution is -2.31. The zero-order chi connectivity index (χ0) is 20.0. The molecule has 5 heteroatoms. The van der Waals surface area contributed by atoms with Crippen molar-refractivity contribution >= 4 is 28.1 Å². The summed E-state index contributed by atoms with van der Waals surface area (Å²) in [5.74, 6) is 0. The van der Waals surface area contributed by atoms with Gasteiger partial charge >= 0.3 is 0 Å². The maximum atomic E-state index is 13.3. The zero-order valence-electron chi connectivity index (χ0n) is 15.5. The second-order valence-corrected chi connectivity index (χ2v) is 8.24. The van der Waals surface area contributed by atoms with Gasteiger partial charge in [-0.2, -0.15) is 0 Å². The van der Waals surface area contributed by atoms with Crippen molar-refractivity contribution in [2.45, 2.75) is 11.8 Å². The molecule has 3 aromatic rings. The lowest BCUT2D eigenvalue weighted by Gasteiger charge is -2.23. The Morgan fingerprint density at radius 2 is 1.54 bits per heavy atom. The average molecular weight is 391 g/mol. The largest absolute Gasteiger partial charge is 0.298 e. The number of nitrogens with zero attached hydrogens (tertiary/aromatic N) is 1. The summed E-state index contributed by atoms with van der Waals surface area (Å²) in [5, 5.41) is 0. The summed E-state index contributed by atoms with van der Waals surface area (Å²) in [6.45, 7) is 2.05. The number of hydrogen-bond donors (Lipinski definition) is 0. The Morgan fingerprint density at radius 3 is 2.21 bits per heavy atom. The van der Waals surface area contributed by atoms with Crippen LogP contribution in [0.5, 0.6) is 0 Å². The van der Waals surface area contributed by atoms with Gasteiger partial charge < -0.3 is 0 Å². The first-order chi connectivity index (χ1) is 13.5. The van der Waals surface area contributed by atoms with Gasteiger partial charge in [-0.15, -0.1) is 0 Å². The summed E-state index contributed by atoms with van der Waals surface area (Å²) < 4.78 is 27.9. The van der Waals surface area contributed by atoms with E-state index < -0.39 is 10.0 Å². The molecule has 0 heterocycles. The molecule has 3 rings (SSSR count). The van der Waals surface area contributed by atoms with Crippen molar-refractivity contribution < 1.29 is 13.2 Å². The molecule has 0 bridgehead atoms. The molecule has 142 valence electrons. The van der Waals surface area contributed by atoms with E-state index >= 15 is 0 Å². The third kappa shape index (κ3) is 4.56. The topological polar surface area (TPSA) is 54.5 Å². The monoisotopic (exact) mass is 391 g/mol. The molecule has 0 saturated heterocycles. The van der Waals surface area contributed by atoms with Crippen LogP contribution >= 0.6 is 0 Å². The molecule has 0 aliphatic heterocycles. The predicted molar refractivity (Wildman–Crippen MR) is 113 cm³/mol. The molecular weight excluding hydrogens is 370 g/mol. The fourth-order valence-electron chi connectivity index (χ4n) is 2.78. The fraction of sp³-hybridized carbons (Fsp3) is 0.0870. The van der Waals surface area contributed by atoms with Crippen LogP contribution in [0, 0.1) is 6.92 Å². The highest BCUT2D eigenvalue weighted by Crippen LogP contribution is 2.25. The van der Waals surface area contributed by atoms with E-state index in [0.717, 1.165) is 11.1 Å². The molecule has 0 fully saturated rings. The summed E-state index contributed by atoms with van der Waals surface area (Å²) in [5.41, 5.74) is 2.84. The number of aryl methyl sites for hydroxylation is 1. The molecule has 0 atom stereocenters. The minimum absolute atomic E-state index is 0.146. The normalized spacial score (nSPS) is 11.5. The molecule has 0 aliphatic rings. The quantitative estimate of drug-likeness (QED) is 0.548. The summed E-state index contributed by atoms with van der Waals surface area (Å²) >= 11 is 0. The minimum atomic E-state index is -3.78. The fourth-order valence-corrected chi connectivity index (χ4v) is 4.19. The van der Waals surface area contributed by atoms with Gasteiger partial charge in [0, 0.05) is 5.56 Å². The second-order valence-electron chi connectivity index (χ2n) is 6.38. The first-order valence-electron chi connectivity index (χ1n) is 8.87. The Balaban J connectivity index is 1.99. The van der Waals surface area contributed by atoms with Crippen LogP contribution in [0.1, 0.15) is 21.5 Å². The standard InChI is InChI=1S/C23H21NO3S/c1-19-12-14-23(15-13-19)28(26,27)24(22-11-5-9-21(17-22)18-25)16-6-10-20-7-3-2-4-8-20/h2-15,17-18H,16H2,1H3. The number of carbonyl (C=O) groups excluding carboxylic acids is 1. The summed E-state index contributed by atoms with van der Waals surface area (Å²) in [4.78, 5) is 11.4. The van der Waals surface area contributed by atoms with E-state index in [4.69, 9.17) is 0 Å². The van der Waals surface area contributed by atoms with E-state index in [-0.39, 0.29) is 11.4 Å². The molecule has 28 heavy (non-hydrogen) atoms. The van der Waals surface area contributed by atoms with E-state index in [1.54, 1.807) is 54.6 Å². The molecule has 0 aliphatic carbocycles. The number of benzene rings is 3. The van der Waals surface area contributed by atoms with Crippen LogP contribution in [0.15, 0.2) is 89.8 Å². The van der Waals surface area contributed by atoms with Crippen LogP contribution in [-0.4, -0.2) is 21.2 Å². The Hall–Kier alpha value is -3.18. The summed E-state index contributed by atoms with van der Waals surface area (Å²) in [6, 6.07) is 23.0. The third-order valence-electron chi connectivity index (χ3n) is 4.28. The molecule has 0 N–H and O–H groups in total. The van der Waals surface area contributed by atoms with Crippen LogP contribution < -0.4 is 4.31 Å². The molecule has 0 aromatic heterocycles. The Morgan fingerprint density at radius 1 is 0.857 bits per heavy atom. The molecular formula is C23H21NO3S. The smallest absolute Gasteiger partial charge is 0.264 e. The summed E-state index contributed by atoms with van der Waals surface area (Å²) in [7, 11) is -3.78. The third-order valence-corrected chi connectivity index (χ3v) is 6.09. The van der Waals surface area contributed by atoms with E-state index in [9.17, 15) is 13.2 Å². The lowest BCUT2D eigenvalue weighted by atomic mass is 10.2. The van der Waals surface area contributed by atoms with Crippen molar-refractivity contribution in [3.8, 4) is 0 Å². The Bertz CT molecular complexity index is 1070. The van der Waals surface area contributed by atoms with Crippen molar-refractivity contribution in [2.24, 2.45) is 0 Å².